The van der Waals surface area contributed by atoms with Crippen molar-refractivity contribution in [1.29, 1.82) is 5.26 Å². The third kappa shape index (κ3) is 3.66. The summed E-state index contributed by atoms with van der Waals surface area (Å²) in [7, 11) is 0. The lowest BCUT2D eigenvalue weighted by molar-refractivity contribution is -0.120. The van der Waals surface area contributed by atoms with E-state index in [4.69, 9.17) is 11.2 Å². The second kappa shape index (κ2) is 7.19. The number of fused-ring (bicyclic) bond motifs is 1. The summed E-state index contributed by atoms with van der Waals surface area (Å²) in [6, 6.07) is 13.2. The molecule has 0 unspecified atom stereocenters. The zero-order valence-electron chi connectivity index (χ0n) is 11.5. The van der Waals surface area contributed by atoms with E-state index in [-0.39, 0.29) is 25.4 Å². The number of aromatic nitrogens is 1. The number of Topliss-reactive ketones (excluding diaryl/α,β-unsaturated/α-hetero) is 1. The number of para-hydroxylation sites is 1. The fourth-order valence-corrected chi connectivity index (χ4v) is 1.99. The molecule has 0 bridgehead atoms. The second-order valence-corrected chi connectivity index (χ2v) is 4.46. The first kappa shape index (κ1) is 14.7. The number of pyridine rings is 1. The van der Waals surface area contributed by atoms with Crippen molar-refractivity contribution in [2.75, 3.05) is 13.2 Å². The first-order valence-corrected chi connectivity index (χ1v) is 6.55. The molecule has 21 heavy (non-hydrogen) atoms. The maximum absolute atomic E-state index is 12.1. The summed E-state index contributed by atoms with van der Waals surface area (Å²) < 4.78 is 5.07. The van der Waals surface area contributed by atoms with Gasteiger partial charge in [-0.15, -0.1) is 6.42 Å². The van der Waals surface area contributed by atoms with Crippen molar-refractivity contribution in [3.63, 3.8) is 0 Å². The molecule has 0 fully saturated rings. The Labute approximate surface area is 123 Å². The number of terminal acetylenes is 1. The van der Waals surface area contributed by atoms with Crippen molar-refractivity contribution in [3.8, 4) is 18.4 Å². The fourth-order valence-electron chi connectivity index (χ4n) is 1.99. The quantitative estimate of drug-likeness (QED) is 0.601. The second-order valence-electron chi connectivity index (χ2n) is 4.46. The van der Waals surface area contributed by atoms with Crippen molar-refractivity contribution in [2.45, 2.75) is 12.3 Å². The minimum Gasteiger partial charge on any atom is -0.368 e. The molecule has 1 heterocycles. The molecule has 0 aliphatic carbocycles. The van der Waals surface area contributed by atoms with Gasteiger partial charge in [0, 0.05) is 11.8 Å². The molecule has 1 atom stereocenters. The van der Waals surface area contributed by atoms with Crippen LogP contribution in [0.15, 0.2) is 36.4 Å². The van der Waals surface area contributed by atoms with Crippen LogP contribution in [-0.2, 0) is 9.53 Å². The minimum absolute atomic E-state index is 0.147. The number of ketones is 1. The van der Waals surface area contributed by atoms with Crippen LogP contribution in [0.25, 0.3) is 10.9 Å². The van der Waals surface area contributed by atoms with Crippen LogP contribution in [0.3, 0.4) is 0 Å². The molecular weight excluding hydrogens is 264 g/mol. The third-order valence-corrected chi connectivity index (χ3v) is 3.04. The van der Waals surface area contributed by atoms with E-state index in [1.165, 1.54) is 0 Å². The molecule has 2 rings (SSSR count). The molecule has 0 N–H and O–H groups in total. The smallest absolute Gasteiger partial charge is 0.158 e. The van der Waals surface area contributed by atoms with Gasteiger partial charge in [0.05, 0.1) is 23.9 Å². The number of carbonyl (C=O) groups is 1. The number of hydrogen-bond acceptors (Lipinski definition) is 4. The van der Waals surface area contributed by atoms with Gasteiger partial charge in [0.1, 0.15) is 12.5 Å². The highest BCUT2D eigenvalue weighted by atomic mass is 16.5. The molecule has 104 valence electrons. The average Bonchev–Trinajstić information content (AvgIpc) is 2.52. The summed E-state index contributed by atoms with van der Waals surface area (Å²) in [4.78, 5) is 16.5. The molecule has 2 aromatic rings. The number of carbonyl (C=O) groups excluding carboxylic acids is 1. The Hall–Kier alpha value is -2.69. The summed E-state index contributed by atoms with van der Waals surface area (Å²) in [5, 5.41) is 10.2. The van der Waals surface area contributed by atoms with Crippen LogP contribution < -0.4 is 0 Å². The number of rotatable bonds is 6. The lowest BCUT2D eigenvalue weighted by Crippen LogP contribution is -2.14. The molecule has 4 heteroatoms. The lowest BCUT2D eigenvalue weighted by Gasteiger charge is -2.08. The molecule has 0 saturated carbocycles. The molecule has 0 aliphatic heterocycles. The lowest BCUT2D eigenvalue weighted by atomic mass is 9.98. The van der Waals surface area contributed by atoms with Crippen molar-refractivity contribution < 1.29 is 9.53 Å². The van der Waals surface area contributed by atoms with Gasteiger partial charge in [0.2, 0.25) is 0 Å². The Bertz CT molecular complexity index is 725. The van der Waals surface area contributed by atoms with E-state index in [2.05, 4.69) is 10.9 Å². The normalized spacial score (nSPS) is 11.5. The van der Waals surface area contributed by atoms with Gasteiger partial charge < -0.3 is 4.74 Å². The first-order chi connectivity index (χ1) is 10.3. The van der Waals surface area contributed by atoms with Crippen LogP contribution in [0.5, 0.6) is 0 Å². The summed E-state index contributed by atoms with van der Waals surface area (Å²) in [6.07, 6.45) is 5.20. The molecule has 0 amide bonds. The van der Waals surface area contributed by atoms with E-state index in [0.29, 0.717) is 5.69 Å². The monoisotopic (exact) mass is 278 g/mol. The summed E-state index contributed by atoms with van der Waals surface area (Å²) in [5.41, 5.74) is 1.24. The number of hydrogen-bond donors (Lipinski definition) is 0. The fraction of sp³-hybridized carbons (Fsp3) is 0.235. The Morgan fingerprint density at radius 3 is 2.90 bits per heavy atom. The minimum atomic E-state index is -0.871. The highest BCUT2D eigenvalue weighted by Gasteiger charge is 2.21. The summed E-state index contributed by atoms with van der Waals surface area (Å²) >= 11 is 0. The van der Waals surface area contributed by atoms with Crippen LogP contribution >= 0.6 is 0 Å². The molecule has 0 saturated heterocycles. The van der Waals surface area contributed by atoms with Crippen LogP contribution in [-0.4, -0.2) is 24.0 Å². The van der Waals surface area contributed by atoms with Crippen LogP contribution in [0.1, 0.15) is 18.0 Å². The topological polar surface area (TPSA) is 63.0 Å². The Kier molecular flexibility index (Phi) is 5.04. The van der Waals surface area contributed by atoms with Gasteiger partial charge in [-0.1, -0.05) is 30.2 Å². The van der Waals surface area contributed by atoms with Crippen molar-refractivity contribution in [1.82, 2.24) is 4.98 Å². The van der Waals surface area contributed by atoms with E-state index in [9.17, 15) is 10.1 Å². The van der Waals surface area contributed by atoms with Gasteiger partial charge in [0.25, 0.3) is 0 Å². The van der Waals surface area contributed by atoms with Gasteiger partial charge in [-0.2, -0.15) is 5.26 Å². The van der Waals surface area contributed by atoms with E-state index < -0.39 is 5.92 Å². The van der Waals surface area contributed by atoms with Gasteiger partial charge in [-0.25, -0.2) is 0 Å². The molecule has 4 nitrogen and oxygen atoms in total. The van der Waals surface area contributed by atoms with Crippen molar-refractivity contribution >= 4 is 16.7 Å². The predicted molar refractivity (Wildman–Crippen MR) is 79.4 cm³/mol. The molecule has 1 aromatic heterocycles. The predicted octanol–water partition coefficient (Wildman–Crippen LogP) is 2.45. The third-order valence-electron chi connectivity index (χ3n) is 3.04. The summed E-state index contributed by atoms with van der Waals surface area (Å²) in [6.45, 7) is 0.382. The van der Waals surface area contributed by atoms with E-state index in [1.807, 2.05) is 36.4 Å². The van der Waals surface area contributed by atoms with Gasteiger partial charge in [0.15, 0.2) is 5.78 Å². The maximum atomic E-state index is 12.1. The number of ether oxygens (including phenoxy) is 1. The van der Waals surface area contributed by atoms with Crippen molar-refractivity contribution in [2.24, 2.45) is 0 Å². The largest absolute Gasteiger partial charge is 0.368 e. The molecular formula is C17H14N2O2. The Balaban J connectivity index is 2.14. The Morgan fingerprint density at radius 1 is 1.33 bits per heavy atom. The van der Waals surface area contributed by atoms with E-state index >= 15 is 0 Å². The molecule has 0 spiro atoms. The zero-order valence-corrected chi connectivity index (χ0v) is 11.5. The number of benzene rings is 1. The molecule has 0 aliphatic rings. The highest BCUT2D eigenvalue weighted by Crippen LogP contribution is 2.19. The number of nitriles is 1. The molecule has 1 aromatic carbocycles. The number of nitrogens with zero attached hydrogens (tertiary/aromatic N) is 2. The van der Waals surface area contributed by atoms with Gasteiger partial charge in [-0.05, 0) is 12.1 Å². The van der Waals surface area contributed by atoms with Crippen LogP contribution in [0.4, 0.5) is 0 Å². The van der Waals surface area contributed by atoms with E-state index in [0.717, 1.165) is 10.9 Å². The zero-order chi connectivity index (χ0) is 15.1. The van der Waals surface area contributed by atoms with Crippen LogP contribution in [0, 0.1) is 23.7 Å². The van der Waals surface area contributed by atoms with Crippen LogP contribution in [0.2, 0.25) is 0 Å². The Morgan fingerprint density at radius 2 is 2.14 bits per heavy atom. The van der Waals surface area contributed by atoms with E-state index in [1.54, 1.807) is 6.07 Å². The first-order valence-electron chi connectivity index (χ1n) is 6.55. The highest BCUT2D eigenvalue weighted by molar-refractivity contribution is 5.89. The van der Waals surface area contributed by atoms with Gasteiger partial charge in [-0.3, -0.25) is 9.78 Å². The summed E-state index contributed by atoms with van der Waals surface area (Å²) in [5.74, 6) is 1.24. The maximum Gasteiger partial charge on any atom is 0.158 e. The SMILES string of the molecule is C#CCOCCC(=O)[C@@H](C#N)c1ccc2ccccc2n1. The molecule has 0 radical (unpaired) electrons. The van der Waals surface area contributed by atoms with Crippen molar-refractivity contribution in [3.05, 3.63) is 42.1 Å². The average molecular weight is 278 g/mol. The standard InChI is InChI=1S/C17H14N2O2/c1-2-10-21-11-9-17(20)14(12-18)16-8-7-13-5-3-4-6-15(13)19-16/h1,3-8,14H,9-11H2/t14-/m0/s1. The van der Waals surface area contributed by atoms with Gasteiger partial charge >= 0.3 is 0 Å².